The van der Waals surface area contributed by atoms with Crippen molar-refractivity contribution in [1.29, 1.82) is 0 Å². The van der Waals surface area contributed by atoms with E-state index in [0.717, 1.165) is 12.1 Å². The summed E-state index contributed by atoms with van der Waals surface area (Å²) in [5.41, 5.74) is -0.279. The molecule has 1 unspecified atom stereocenters. The first-order valence-corrected chi connectivity index (χ1v) is 8.75. The average molecular weight is 387 g/mol. The zero-order valence-electron chi connectivity index (χ0n) is 15.1. The number of carbonyl (C=O) groups is 2. The van der Waals surface area contributed by atoms with Crippen molar-refractivity contribution in [2.24, 2.45) is 0 Å². The van der Waals surface area contributed by atoms with Crippen LogP contribution in [0.3, 0.4) is 0 Å². The summed E-state index contributed by atoms with van der Waals surface area (Å²) in [5, 5.41) is 5.43. The number of ether oxygens (including phenoxy) is 1. The number of benzene rings is 1. The van der Waals surface area contributed by atoms with Gasteiger partial charge >= 0.3 is 6.18 Å². The van der Waals surface area contributed by atoms with Crippen molar-refractivity contribution in [3.8, 4) is 0 Å². The standard InChI is InChI=1S/C18H24F3N3O3/c1-27-9-3-6-22-16(25)11-15-17(26)23-7-8-24(15)12-13-4-2-5-14(10-13)18(19,20)21/h2,4-5,10,15H,3,6-9,11-12H2,1H3,(H,22,25)(H,23,26). The highest BCUT2D eigenvalue weighted by Gasteiger charge is 2.33. The minimum Gasteiger partial charge on any atom is -0.385 e. The number of hydrogen-bond donors (Lipinski definition) is 2. The van der Waals surface area contributed by atoms with E-state index in [2.05, 4.69) is 10.6 Å². The first-order valence-electron chi connectivity index (χ1n) is 8.75. The Kier molecular flexibility index (Phi) is 7.61. The molecule has 1 aromatic rings. The molecule has 0 bridgehead atoms. The number of piperazine rings is 1. The van der Waals surface area contributed by atoms with E-state index in [1.54, 1.807) is 18.1 Å². The number of alkyl halides is 3. The lowest BCUT2D eigenvalue weighted by Gasteiger charge is -2.34. The lowest BCUT2D eigenvalue weighted by Crippen LogP contribution is -2.56. The smallest absolute Gasteiger partial charge is 0.385 e. The van der Waals surface area contributed by atoms with E-state index in [4.69, 9.17) is 4.74 Å². The lowest BCUT2D eigenvalue weighted by atomic mass is 10.0. The molecule has 0 radical (unpaired) electrons. The van der Waals surface area contributed by atoms with Gasteiger partial charge in [0, 0.05) is 39.9 Å². The molecule has 0 aliphatic carbocycles. The van der Waals surface area contributed by atoms with Gasteiger partial charge in [0.2, 0.25) is 11.8 Å². The number of nitrogens with zero attached hydrogens (tertiary/aromatic N) is 1. The summed E-state index contributed by atoms with van der Waals surface area (Å²) < 4.78 is 43.6. The molecule has 0 saturated carbocycles. The number of halogens is 3. The van der Waals surface area contributed by atoms with E-state index in [-0.39, 0.29) is 24.8 Å². The third kappa shape index (κ3) is 6.51. The molecule has 0 aromatic heterocycles. The first-order chi connectivity index (χ1) is 12.8. The summed E-state index contributed by atoms with van der Waals surface area (Å²) >= 11 is 0. The Labute approximate surface area is 156 Å². The molecular formula is C18H24F3N3O3. The molecule has 2 N–H and O–H groups in total. The maximum absolute atomic E-state index is 12.9. The molecule has 1 aliphatic heterocycles. The summed E-state index contributed by atoms with van der Waals surface area (Å²) in [6.45, 7) is 1.98. The largest absolute Gasteiger partial charge is 0.416 e. The Bertz CT molecular complexity index is 652. The van der Waals surface area contributed by atoms with Gasteiger partial charge in [0.1, 0.15) is 0 Å². The van der Waals surface area contributed by atoms with Gasteiger partial charge < -0.3 is 15.4 Å². The highest BCUT2D eigenvalue weighted by atomic mass is 19.4. The van der Waals surface area contributed by atoms with Crippen molar-refractivity contribution in [1.82, 2.24) is 15.5 Å². The second kappa shape index (κ2) is 9.70. The van der Waals surface area contributed by atoms with Gasteiger partial charge in [0.15, 0.2) is 0 Å². The fraction of sp³-hybridized carbons (Fsp3) is 0.556. The lowest BCUT2D eigenvalue weighted by molar-refractivity contribution is -0.137. The number of nitrogens with one attached hydrogen (secondary N) is 2. The molecule has 1 aromatic carbocycles. The molecular weight excluding hydrogens is 363 g/mol. The monoisotopic (exact) mass is 387 g/mol. The van der Waals surface area contributed by atoms with Crippen LogP contribution in [0.5, 0.6) is 0 Å². The Morgan fingerprint density at radius 1 is 1.41 bits per heavy atom. The van der Waals surface area contributed by atoms with Gasteiger partial charge in [-0.2, -0.15) is 13.2 Å². The van der Waals surface area contributed by atoms with Crippen molar-refractivity contribution in [2.45, 2.75) is 31.6 Å². The van der Waals surface area contributed by atoms with Crippen molar-refractivity contribution in [3.63, 3.8) is 0 Å². The molecule has 150 valence electrons. The predicted octanol–water partition coefficient (Wildman–Crippen LogP) is 1.55. The van der Waals surface area contributed by atoms with Crippen LogP contribution in [0.2, 0.25) is 0 Å². The van der Waals surface area contributed by atoms with Crippen molar-refractivity contribution in [3.05, 3.63) is 35.4 Å². The Morgan fingerprint density at radius 2 is 2.19 bits per heavy atom. The van der Waals surface area contributed by atoms with E-state index in [0.29, 0.717) is 38.2 Å². The molecule has 1 fully saturated rings. The first kappa shape index (κ1) is 21.2. The zero-order valence-corrected chi connectivity index (χ0v) is 15.1. The number of carbonyl (C=O) groups excluding carboxylic acids is 2. The molecule has 0 spiro atoms. The maximum atomic E-state index is 12.9. The third-order valence-corrected chi connectivity index (χ3v) is 4.31. The second-order valence-corrected chi connectivity index (χ2v) is 6.38. The van der Waals surface area contributed by atoms with E-state index in [1.165, 1.54) is 6.07 Å². The Hall–Kier alpha value is -2.13. The van der Waals surface area contributed by atoms with Gasteiger partial charge in [-0.25, -0.2) is 0 Å². The van der Waals surface area contributed by atoms with E-state index < -0.39 is 17.8 Å². The van der Waals surface area contributed by atoms with Crippen LogP contribution < -0.4 is 10.6 Å². The number of methoxy groups -OCH3 is 1. The summed E-state index contributed by atoms with van der Waals surface area (Å²) in [7, 11) is 1.57. The minimum absolute atomic E-state index is 0.0439. The van der Waals surface area contributed by atoms with Gasteiger partial charge in [-0.1, -0.05) is 18.2 Å². The van der Waals surface area contributed by atoms with E-state index in [9.17, 15) is 22.8 Å². The molecule has 1 saturated heterocycles. The van der Waals surface area contributed by atoms with Crippen LogP contribution in [0.4, 0.5) is 13.2 Å². The Balaban J connectivity index is 2.01. The van der Waals surface area contributed by atoms with Gasteiger partial charge in [-0.05, 0) is 18.1 Å². The molecule has 2 rings (SSSR count). The average Bonchev–Trinajstić information content (AvgIpc) is 2.61. The summed E-state index contributed by atoms with van der Waals surface area (Å²) in [5.74, 6) is -0.567. The molecule has 27 heavy (non-hydrogen) atoms. The molecule has 9 heteroatoms. The normalized spacial score (nSPS) is 18.2. The molecule has 1 aliphatic rings. The van der Waals surface area contributed by atoms with Crippen molar-refractivity contribution in [2.75, 3.05) is 33.4 Å². The highest BCUT2D eigenvalue weighted by Crippen LogP contribution is 2.30. The minimum atomic E-state index is -4.42. The zero-order chi connectivity index (χ0) is 19.9. The van der Waals surface area contributed by atoms with Crippen molar-refractivity contribution >= 4 is 11.8 Å². The number of rotatable bonds is 8. The van der Waals surface area contributed by atoms with Crippen LogP contribution in [0.1, 0.15) is 24.0 Å². The highest BCUT2D eigenvalue weighted by molar-refractivity contribution is 5.88. The fourth-order valence-electron chi connectivity index (χ4n) is 2.95. The molecule has 1 atom stereocenters. The summed E-state index contributed by atoms with van der Waals surface area (Å²) in [6, 6.07) is 4.31. The van der Waals surface area contributed by atoms with Gasteiger partial charge in [0.25, 0.3) is 0 Å². The van der Waals surface area contributed by atoms with E-state index in [1.807, 2.05) is 0 Å². The Morgan fingerprint density at radius 3 is 2.89 bits per heavy atom. The van der Waals surface area contributed by atoms with Gasteiger partial charge in [-0.15, -0.1) is 0 Å². The van der Waals surface area contributed by atoms with Crippen molar-refractivity contribution < 1.29 is 27.5 Å². The second-order valence-electron chi connectivity index (χ2n) is 6.38. The molecule has 1 heterocycles. The summed E-state index contributed by atoms with van der Waals surface area (Å²) in [4.78, 5) is 26.0. The van der Waals surface area contributed by atoms with Crippen LogP contribution in [0, 0.1) is 0 Å². The predicted molar refractivity (Wildman–Crippen MR) is 92.8 cm³/mol. The van der Waals surface area contributed by atoms with E-state index >= 15 is 0 Å². The van der Waals surface area contributed by atoms with Crippen LogP contribution in [-0.2, 0) is 27.0 Å². The molecule has 6 nitrogen and oxygen atoms in total. The topological polar surface area (TPSA) is 70.7 Å². The summed E-state index contributed by atoms with van der Waals surface area (Å²) in [6.07, 6.45) is -3.80. The van der Waals surface area contributed by atoms with Crippen LogP contribution >= 0.6 is 0 Å². The third-order valence-electron chi connectivity index (χ3n) is 4.31. The maximum Gasteiger partial charge on any atom is 0.416 e. The van der Waals surface area contributed by atoms with Crippen LogP contribution in [0.25, 0.3) is 0 Å². The van der Waals surface area contributed by atoms with Crippen LogP contribution in [-0.4, -0.2) is 56.1 Å². The number of amides is 2. The van der Waals surface area contributed by atoms with Crippen LogP contribution in [0.15, 0.2) is 24.3 Å². The van der Waals surface area contributed by atoms with Gasteiger partial charge in [0.05, 0.1) is 18.0 Å². The fourth-order valence-corrected chi connectivity index (χ4v) is 2.95. The molecule has 2 amide bonds. The SMILES string of the molecule is COCCCNC(=O)CC1C(=O)NCCN1Cc1cccc(C(F)(F)F)c1. The van der Waals surface area contributed by atoms with Gasteiger partial charge in [-0.3, -0.25) is 14.5 Å². The quantitative estimate of drug-likeness (QED) is 0.664. The number of hydrogen-bond acceptors (Lipinski definition) is 4.